The molecule has 0 bridgehead atoms. The standard InChI is InChI=1S/C12H25NO/c1-4-12(13-5-2)10-6-8-11(14-3)9-7-10/h10-13H,4-9H2,1-3H3. The molecule has 0 aromatic heterocycles. The van der Waals surface area contributed by atoms with Crippen molar-refractivity contribution in [3.8, 4) is 0 Å². The molecule has 0 saturated heterocycles. The Hall–Kier alpha value is -0.0800. The van der Waals surface area contributed by atoms with E-state index in [2.05, 4.69) is 19.2 Å². The highest BCUT2D eigenvalue weighted by Crippen LogP contribution is 2.29. The number of hydrogen-bond donors (Lipinski definition) is 1. The molecule has 0 spiro atoms. The second kappa shape index (κ2) is 6.41. The molecule has 1 saturated carbocycles. The molecule has 14 heavy (non-hydrogen) atoms. The quantitative estimate of drug-likeness (QED) is 0.735. The fourth-order valence-electron chi connectivity index (χ4n) is 2.63. The van der Waals surface area contributed by atoms with Crippen molar-refractivity contribution in [3.63, 3.8) is 0 Å². The van der Waals surface area contributed by atoms with Crippen molar-refractivity contribution in [2.24, 2.45) is 5.92 Å². The van der Waals surface area contributed by atoms with Gasteiger partial charge in [0.25, 0.3) is 0 Å². The van der Waals surface area contributed by atoms with Gasteiger partial charge in [0.05, 0.1) is 6.10 Å². The van der Waals surface area contributed by atoms with Crippen LogP contribution >= 0.6 is 0 Å². The first kappa shape index (κ1) is 12.0. The molecule has 1 aliphatic rings. The fraction of sp³-hybridized carbons (Fsp3) is 1.00. The van der Waals surface area contributed by atoms with Gasteiger partial charge in [-0.05, 0) is 44.6 Å². The Morgan fingerprint density at radius 2 is 1.86 bits per heavy atom. The summed E-state index contributed by atoms with van der Waals surface area (Å²) in [6, 6.07) is 0.734. The van der Waals surface area contributed by atoms with Crippen LogP contribution in [0.25, 0.3) is 0 Å². The molecule has 0 aromatic carbocycles. The lowest BCUT2D eigenvalue weighted by atomic mass is 9.81. The summed E-state index contributed by atoms with van der Waals surface area (Å²) in [5, 5.41) is 3.59. The lowest BCUT2D eigenvalue weighted by molar-refractivity contribution is 0.0501. The molecule has 1 unspecified atom stereocenters. The van der Waals surface area contributed by atoms with Crippen molar-refractivity contribution in [1.82, 2.24) is 5.32 Å². The predicted octanol–water partition coefficient (Wildman–Crippen LogP) is 2.58. The second-order valence-electron chi connectivity index (χ2n) is 4.34. The second-order valence-corrected chi connectivity index (χ2v) is 4.34. The largest absolute Gasteiger partial charge is 0.381 e. The average molecular weight is 199 g/mol. The Bertz CT molecular complexity index is 141. The van der Waals surface area contributed by atoms with Gasteiger partial charge in [-0.3, -0.25) is 0 Å². The minimum absolute atomic E-state index is 0.533. The van der Waals surface area contributed by atoms with Gasteiger partial charge in [-0.15, -0.1) is 0 Å². The van der Waals surface area contributed by atoms with E-state index in [9.17, 15) is 0 Å². The summed E-state index contributed by atoms with van der Waals surface area (Å²) in [6.07, 6.45) is 6.97. The number of ether oxygens (including phenoxy) is 1. The van der Waals surface area contributed by atoms with E-state index in [1.807, 2.05) is 7.11 Å². The van der Waals surface area contributed by atoms with Crippen LogP contribution in [0, 0.1) is 5.92 Å². The van der Waals surface area contributed by atoms with Crippen LogP contribution in [-0.4, -0.2) is 25.8 Å². The molecule has 2 heteroatoms. The molecule has 0 aromatic rings. The normalized spacial score (nSPS) is 30.2. The smallest absolute Gasteiger partial charge is 0.0571 e. The Balaban J connectivity index is 2.31. The van der Waals surface area contributed by atoms with Crippen LogP contribution in [0.5, 0.6) is 0 Å². The summed E-state index contributed by atoms with van der Waals surface area (Å²) in [5.41, 5.74) is 0. The maximum Gasteiger partial charge on any atom is 0.0571 e. The van der Waals surface area contributed by atoms with Crippen LogP contribution in [0.3, 0.4) is 0 Å². The van der Waals surface area contributed by atoms with Crippen LogP contribution in [0.2, 0.25) is 0 Å². The summed E-state index contributed by atoms with van der Waals surface area (Å²) in [4.78, 5) is 0. The molecule has 1 rings (SSSR count). The minimum atomic E-state index is 0.533. The van der Waals surface area contributed by atoms with Gasteiger partial charge in [-0.2, -0.15) is 0 Å². The molecule has 0 amide bonds. The van der Waals surface area contributed by atoms with Crippen LogP contribution in [0.4, 0.5) is 0 Å². The summed E-state index contributed by atoms with van der Waals surface area (Å²) < 4.78 is 5.39. The van der Waals surface area contributed by atoms with Crippen LogP contribution in [0.1, 0.15) is 46.0 Å². The molecule has 0 heterocycles. The number of methoxy groups -OCH3 is 1. The molecule has 84 valence electrons. The third-order valence-electron chi connectivity index (χ3n) is 3.53. The van der Waals surface area contributed by atoms with E-state index in [4.69, 9.17) is 4.74 Å². The molecule has 1 aliphatic carbocycles. The minimum Gasteiger partial charge on any atom is -0.381 e. The summed E-state index contributed by atoms with van der Waals surface area (Å²) in [5.74, 6) is 0.881. The number of hydrogen-bond acceptors (Lipinski definition) is 2. The zero-order valence-electron chi connectivity index (χ0n) is 9.88. The Morgan fingerprint density at radius 1 is 1.21 bits per heavy atom. The molecule has 1 atom stereocenters. The van der Waals surface area contributed by atoms with E-state index in [0.29, 0.717) is 6.10 Å². The van der Waals surface area contributed by atoms with Crippen molar-refractivity contribution < 1.29 is 4.74 Å². The van der Waals surface area contributed by atoms with E-state index in [1.54, 1.807) is 0 Å². The van der Waals surface area contributed by atoms with Gasteiger partial charge in [0.15, 0.2) is 0 Å². The molecule has 1 fully saturated rings. The van der Waals surface area contributed by atoms with Crippen molar-refractivity contribution >= 4 is 0 Å². The molecule has 0 aliphatic heterocycles. The Labute approximate surface area is 88.4 Å². The van der Waals surface area contributed by atoms with Gasteiger partial charge in [0.1, 0.15) is 0 Å². The molecule has 2 nitrogen and oxygen atoms in total. The first-order valence-electron chi connectivity index (χ1n) is 6.07. The first-order chi connectivity index (χ1) is 6.81. The van der Waals surface area contributed by atoms with E-state index in [0.717, 1.165) is 18.5 Å². The van der Waals surface area contributed by atoms with E-state index < -0.39 is 0 Å². The lowest BCUT2D eigenvalue weighted by Gasteiger charge is -2.33. The Kier molecular flexibility index (Phi) is 5.49. The maximum absolute atomic E-state index is 5.39. The third kappa shape index (κ3) is 3.25. The highest BCUT2D eigenvalue weighted by Gasteiger charge is 2.25. The summed E-state index contributed by atoms with van der Waals surface area (Å²) in [7, 11) is 1.84. The average Bonchev–Trinajstić information content (AvgIpc) is 2.26. The SMILES string of the molecule is CCNC(CC)C1CCC(OC)CC1. The van der Waals surface area contributed by atoms with Crippen LogP contribution in [0.15, 0.2) is 0 Å². The van der Waals surface area contributed by atoms with Gasteiger partial charge in [0.2, 0.25) is 0 Å². The van der Waals surface area contributed by atoms with Crippen LogP contribution < -0.4 is 5.32 Å². The van der Waals surface area contributed by atoms with Crippen LogP contribution in [-0.2, 0) is 4.74 Å². The zero-order chi connectivity index (χ0) is 10.4. The highest BCUT2D eigenvalue weighted by atomic mass is 16.5. The topological polar surface area (TPSA) is 21.3 Å². The predicted molar refractivity (Wildman–Crippen MR) is 60.5 cm³/mol. The van der Waals surface area contributed by atoms with Crippen molar-refractivity contribution in [2.45, 2.75) is 58.1 Å². The lowest BCUT2D eigenvalue weighted by Crippen LogP contribution is -2.38. The highest BCUT2D eigenvalue weighted by molar-refractivity contribution is 4.81. The van der Waals surface area contributed by atoms with Crippen molar-refractivity contribution in [3.05, 3.63) is 0 Å². The van der Waals surface area contributed by atoms with E-state index >= 15 is 0 Å². The first-order valence-corrected chi connectivity index (χ1v) is 6.07. The summed E-state index contributed by atoms with van der Waals surface area (Å²) >= 11 is 0. The fourth-order valence-corrected chi connectivity index (χ4v) is 2.63. The number of rotatable bonds is 5. The zero-order valence-corrected chi connectivity index (χ0v) is 9.88. The van der Waals surface area contributed by atoms with Gasteiger partial charge in [-0.25, -0.2) is 0 Å². The van der Waals surface area contributed by atoms with Gasteiger partial charge in [-0.1, -0.05) is 13.8 Å². The maximum atomic E-state index is 5.39. The molecule has 0 radical (unpaired) electrons. The monoisotopic (exact) mass is 199 g/mol. The van der Waals surface area contributed by atoms with Crippen molar-refractivity contribution in [1.29, 1.82) is 0 Å². The van der Waals surface area contributed by atoms with Gasteiger partial charge < -0.3 is 10.1 Å². The molecular formula is C12H25NO. The summed E-state index contributed by atoms with van der Waals surface area (Å²) in [6.45, 7) is 5.59. The third-order valence-corrected chi connectivity index (χ3v) is 3.53. The number of nitrogens with one attached hydrogen (secondary N) is 1. The van der Waals surface area contributed by atoms with Gasteiger partial charge >= 0.3 is 0 Å². The van der Waals surface area contributed by atoms with Gasteiger partial charge in [0, 0.05) is 13.2 Å². The van der Waals surface area contributed by atoms with E-state index in [1.165, 1.54) is 32.1 Å². The molecule has 1 N–H and O–H groups in total. The molecular weight excluding hydrogens is 174 g/mol. The van der Waals surface area contributed by atoms with Crippen molar-refractivity contribution in [2.75, 3.05) is 13.7 Å². The Morgan fingerprint density at radius 3 is 2.29 bits per heavy atom. The van der Waals surface area contributed by atoms with E-state index in [-0.39, 0.29) is 0 Å².